The summed E-state index contributed by atoms with van der Waals surface area (Å²) in [5.41, 5.74) is 0.864. The van der Waals surface area contributed by atoms with E-state index in [1.54, 1.807) is 6.07 Å². The molecule has 1 saturated heterocycles. The van der Waals surface area contributed by atoms with Crippen LogP contribution in [-0.4, -0.2) is 46.9 Å². The molecule has 0 saturated carbocycles. The molecule has 0 aromatic carbocycles. The second-order valence-electron chi connectivity index (χ2n) is 5.93. The molecule has 1 amide bonds. The largest absolute Gasteiger partial charge is 0.365 e. The number of allylic oxidation sites excluding steroid dienone is 2. The second kappa shape index (κ2) is 6.76. The summed E-state index contributed by atoms with van der Waals surface area (Å²) in [6.45, 7) is 2.84. The predicted molar refractivity (Wildman–Crippen MR) is 86.2 cm³/mol. The fourth-order valence-corrected chi connectivity index (χ4v) is 3.13. The Morgan fingerprint density at radius 1 is 1.22 bits per heavy atom. The van der Waals surface area contributed by atoms with E-state index in [0.717, 1.165) is 38.0 Å². The molecule has 2 heterocycles. The summed E-state index contributed by atoms with van der Waals surface area (Å²) in [5, 5.41) is 10.6. The molecule has 1 fully saturated rings. The van der Waals surface area contributed by atoms with Crippen LogP contribution < -0.4 is 4.90 Å². The number of rotatable bonds is 3. The van der Waals surface area contributed by atoms with Crippen molar-refractivity contribution in [2.24, 2.45) is 5.92 Å². The zero-order valence-electron chi connectivity index (χ0n) is 12.9. The summed E-state index contributed by atoms with van der Waals surface area (Å²) < 4.78 is 0. The molecular formula is C16H20N4O3. The van der Waals surface area contributed by atoms with E-state index in [0.29, 0.717) is 13.1 Å². The number of nitrogens with zero attached hydrogens (tertiary/aromatic N) is 4. The molecule has 1 aliphatic carbocycles. The van der Waals surface area contributed by atoms with Crippen molar-refractivity contribution in [1.29, 1.82) is 0 Å². The number of carbonyl (C=O) groups excluding carboxylic acids is 1. The Balaban J connectivity index is 1.56. The van der Waals surface area contributed by atoms with Crippen molar-refractivity contribution >= 4 is 17.4 Å². The zero-order chi connectivity index (χ0) is 16.2. The van der Waals surface area contributed by atoms with Gasteiger partial charge in [0.2, 0.25) is 5.91 Å². The number of aromatic nitrogens is 1. The van der Waals surface area contributed by atoms with Crippen LogP contribution in [0, 0.1) is 16.0 Å². The molecule has 0 spiro atoms. The topological polar surface area (TPSA) is 79.6 Å². The maximum atomic E-state index is 12.5. The van der Waals surface area contributed by atoms with Crippen LogP contribution in [0.1, 0.15) is 19.3 Å². The number of amides is 1. The van der Waals surface area contributed by atoms with E-state index in [4.69, 9.17) is 0 Å². The van der Waals surface area contributed by atoms with Gasteiger partial charge in [0.1, 0.15) is 0 Å². The minimum absolute atomic E-state index is 0.132. The molecule has 0 N–H and O–H groups in total. The molecule has 0 unspecified atom stereocenters. The molecular weight excluding hydrogens is 296 g/mol. The van der Waals surface area contributed by atoms with E-state index in [1.807, 2.05) is 4.90 Å². The molecule has 1 aliphatic heterocycles. The molecule has 122 valence electrons. The van der Waals surface area contributed by atoms with Crippen molar-refractivity contribution in [2.75, 3.05) is 31.1 Å². The van der Waals surface area contributed by atoms with Crippen molar-refractivity contribution < 1.29 is 9.72 Å². The molecule has 23 heavy (non-hydrogen) atoms. The summed E-state index contributed by atoms with van der Waals surface area (Å²) in [5.74, 6) is 0.247. The average Bonchev–Trinajstić information content (AvgIpc) is 2.62. The number of anilines is 1. The molecule has 0 radical (unpaired) electrons. The number of hydrogen-bond acceptors (Lipinski definition) is 5. The van der Waals surface area contributed by atoms with Crippen LogP contribution in [0.4, 0.5) is 11.5 Å². The van der Waals surface area contributed by atoms with Crippen LogP contribution >= 0.6 is 0 Å². The highest BCUT2D eigenvalue weighted by Crippen LogP contribution is 2.23. The van der Waals surface area contributed by atoms with Gasteiger partial charge in [-0.05, 0) is 35.2 Å². The average molecular weight is 316 g/mol. The van der Waals surface area contributed by atoms with E-state index in [9.17, 15) is 14.9 Å². The third-order valence-electron chi connectivity index (χ3n) is 4.49. The van der Waals surface area contributed by atoms with Gasteiger partial charge in [-0.15, -0.1) is 0 Å². The highest BCUT2D eigenvalue weighted by molar-refractivity contribution is 5.79. The molecule has 7 heteroatoms. The molecule has 0 bridgehead atoms. The number of carbonyl (C=O) groups is 1. The zero-order valence-corrected chi connectivity index (χ0v) is 12.9. The first-order valence-electron chi connectivity index (χ1n) is 7.94. The van der Waals surface area contributed by atoms with Gasteiger partial charge in [0.25, 0.3) is 0 Å². The quantitative estimate of drug-likeness (QED) is 0.484. The Hall–Kier alpha value is -2.44. The maximum absolute atomic E-state index is 12.5. The normalized spacial score (nSPS) is 21.3. The Morgan fingerprint density at radius 3 is 2.57 bits per heavy atom. The standard InChI is InChI=1S/C16H20N4O3/c21-16(13-4-2-1-3-5-13)19-10-8-18(9-11-19)14-6-7-15(17-12-14)20(22)23/h1-2,6-7,12-13H,3-5,8-11H2/t13-/m1/s1. The van der Waals surface area contributed by atoms with E-state index in [1.165, 1.54) is 12.3 Å². The molecule has 1 atom stereocenters. The molecule has 1 aromatic rings. The predicted octanol–water partition coefficient (Wildman–Crippen LogP) is 1.99. The lowest BCUT2D eigenvalue weighted by molar-refractivity contribution is -0.389. The van der Waals surface area contributed by atoms with E-state index < -0.39 is 4.92 Å². The molecule has 7 nitrogen and oxygen atoms in total. The first-order chi connectivity index (χ1) is 11.1. The summed E-state index contributed by atoms with van der Waals surface area (Å²) in [7, 11) is 0. The van der Waals surface area contributed by atoms with Gasteiger partial charge < -0.3 is 19.9 Å². The van der Waals surface area contributed by atoms with Crippen LogP contribution in [0.15, 0.2) is 30.5 Å². The summed E-state index contributed by atoms with van der Waals surface area (Å²) in [4.78, 5) is 30.5. The Kier molecular flexibility index (Phi) is 4.55. The van der Waals surface area contributed by atoms with Gasteiger partial charge in [0, 0.05) is 38.2 Å². The Morgan fingerprint density at radius 2 is 2.00 bits per heavy atom. The second-order valence-corrected chi connectivity index (χ2v) is 5.93. The molecule has 2 aliphatic rings. The van der Waals surface area contributed by atoms with Gasteiger partial charge in [0.15, 0.2) is 6.20 Å². The first-order valence-corrected chi connectivity index (χ1v) is 7.94. The number of hydrogen-bond donors (Lipinski definition) is 0. The highest BCUT2D eigenvalue weighted by atomic mass is 16.6. The van der Waals surface area contributed by atoms with Gasteiger partial charge >= 0.3 is 5.82 Å². The minimum Gasteiger partial charge on any atom is -0.365 e. The highest BCUT2D eigenvalue weighted by Gasteiger charge is 2.27. The Bertz CT molecular complexity index is 606. The SMILES string of the molecule is O=C([C@@H]1CC=CCC1)N1CCN(c2ccc([N+](=O)[O-])nc2)CC1. The fraction of sp³-hybridized carbons (Fsp3) is 0.500. The van der Waals surface area contributed by atoms with E-state index in [-0.39, 0.29) is 17.6 Å². The van der Waals surface area contributed by atoms with Crippen LogP contribution in [0.2, 0.25) is 0 Å². The molecule has 1 aromatic heterocycles. The smallest absolute Gasteiger partial charge is 0.363 e. The first kappa shape index (κ1) is 15.5. The van der Waals surface area contributed by atoms with Crippen molar-refractivity contribution in [3.63, 3.8) is 0 Å². The van der Waals surface area contributed by atoms with Gasteiger partial charge in [-0.25, -0.2) is 0 Å². The van der Waals surface area contributed by atoms with Crippen molar-refractivity contribution in [3.05, 3.63) is 40.6 Å². The van der Waals surface area contributed by atoms with E-state index >= 15 is 0 Å². The van der Waals surface area contributed by atoms with Crippen molar-refractivity contribution in [2.45, 2.75) is 19.3 Å². The van der Waals surface area contributed by atoms with Crippen molar-refractivity contribution in [1.82, 2.24) is 9.88 Å². The van der Waals surface area contributed by atoms with Crippen LogP contribution in [0.25, 0.3) is 0 Å². The number of piperazine rings is 1. The van der Waals surface area contributed by atoms with Crippen LogP contribution in [0.3, 0.4) is 0 Å². The number of pyridine rings is 1. The lowest BCUT2D eigenvalue weighted by atomic mass is 9.93. The third kappa shape index (κ3) is 3.49. The fourth-order valence-electron chi connectivity index (χ4n) is 3.13. The van der Waals surface area contributed by atoms with Gasteiger partial charge in [0.05, 0.1) is 5.69 Å². The van der Waals surface area contributed by atoms with Gasteiger partial charge in [-0.3, -0.25) is 4.79 Å². The van der Waals surface area contributed by atoms with Crippen molar-refractivity contribution in [3.8, 4) is 0 Å². The summed E-state index contributed by atoms with van der Waals surface area (Å²) >= 11 is 0. The minimum atomic E-state index is -0.501. The summed E-state index contributed by atoms with van der Waals surface area (Å²) in [6.07, 6.45) is 8.56. The number of nitro groups is 1. The monoisotopic (exact) mass is 316 g/mol. The van der Waals surface area contributed by atoms with E-state index in [2.05, 4.69) is 22.0 Å². The molecule has 3 rings (SSSR count). The van der Waals surface area contributed by atoms with Crippen LogP contribution in [-0.2, 0) is 4.79 Å². The third-order valence-corrected chi connectivity index (χ3v) is 4.49. The van der Waals surface area contributed by atoms with Gasteiger partial charge in [-0.1, -0.05) is 12.2 Å². The maximum Gasteiger partial charge on any atom is 0.363 e. The summed E-state index contributed by atoms with van der Waals surface area (Å²) in [6, 6.07) is 3.13. The lowest BCUT2D eigenvalue weighted by Gasteiger charge is -2.37. The van der Waals surface area contributed by atoms with Crippen LogP contribution in [0.5, 0.6) is 0 Å². The Labute approximate surface area is 134 Å². The van der Waals surface area contributed by atoms with Gasteiger partial charge in [-0.2, -0.15) is 0 Å². The lowest BCUT2D eigenvalue weighted by Crippen LogP contribution is -2.50.